The molecule has 0 fully saturated rings. The maximum atomic E-state index is 13.7. The molecule has 0 unspecified atom stereocenters. The third-order valence-electron chi connectivity index (χ3n) is 3.53. The summed E-state index contributed by atoms with van der Waals surface area (Å²) < 4.78 is 13.7. The van der Waals surface area contributed by atoms with Crippen molar-refractivity contribution in [3.8, 4) is 0 Å². The molecule has 0 radical (unpaired) electrons. The summed E-state index contributed by atoms with van der Waals surface area (Å²) in [5, 5.41) is 15.7. The summed E-state index contributed by atoms with van der Waals surface area (Å²) in [4.78, 5) is 35.9. The van der Waals surface area contributed by atoms with Crippen molar-refractivity contribution in [2.75, 3.05) is 0 Å². The average molecular weight is 399 g/mol. The second-order valence-electron chi connectivity index (χ2n) is 5.51. The molecule has 0 saturated carbocycles. The number of carbonyl (C=O) groups is 3. The Morgan fingerprint density at radius 2 is 2.00 bits per heavy atom. The molecular weight excluding hydrogens is 383 g/mol. The predicted octanol–water partition coefficient (Wildman–Crippen LogP) is 2.99. The Bertz CT molecular complexity index is 813. The highest BCUT2D eigenvalue weighted by Crippen LogP contribution is 2.22. The lowest BCUT2D eigenvalue weighted by Crippen LogP contribution is -2.46. The van der Waals surface area contributed by atoms with E-state index in [-0.39, 0.29) is 10.6 Å². The molecule has 0 aliphatic rings. The van der Waals surface area contributed by atoms with Gasteiger partial charge in [0.2, 0.25) is 5.91 Å². The van der Waals surface area contributed by atoms with Gasteiger partial charge in [-0.05, 0) is 36.1 Å². The fraction of sp³-hybridized carbons (Fsp3) is 0.235. The number of rotatable bonds is 7. The standard InChI is InChI=1S/C17H16ClFN2O4S/c1-9(20-17(25)14-3-2-6-26-14)16(24)21-13(8-15(22)23)10-4-5-11(18)12(19)7-10/h2-7,9,13H,8H2,1H3,(H,20,25)(H,21,24)(H,22,23)/t9-,13-/m1/s1. The molecule has 0 aliphatic carbocycles. The second kappa shape index (κ2) is 8.77. The van der Waals surface area contributed by atoms with Crippen LogP contribution in [0.15, 0.2) is 35.7 Å². The summed E-state index contributed by atoms with van der Waals surface area (Å²) in [6, 6.07) is 5.26. The lowest BCUT2D eigenvalue weighted by Gasteiger charge is -2.21. The Hall–Kier alpha value is -2.45. The molecule has 0 spiro atoms. The smallest absolute Gasteiger partial charge is 0.305 e. The number of aliphatic carboxylic acids is 1. The fourth-order valence-electron chi connectivity index (χ4n) is 2.19. The highest BCUT2D eigenvalue weighted by Gasteiger charge is 2.23. The van der Waals surface area contributed by atoms with E-state index in [1.807, 2.05) is 0 Å². The minimum atomic E-state index is -1.17. The first-order valence-corrected chi connectivity index (χ1v) is 8.85. The molecule has 2 aromatic rings. The first-order chi connectivity index (χ1) is 12.3. The molecule has 26 heavy (non-hydrogen) atoms. The van der Waals surface area contributed by atoms with Crippen LogP contribution in [0, 0.1) is 5.82 Å². The van der Waals surface area contributed by atoms with Crippen LogP contribution in [0.25, 0.3) is 0 Å². The van der Waals surface area contributed by atoms with Gasteiger partial charge in [-0.3, -0.25) is 14.4 Å². The molecule has 138 valence electrons. The van der Waals surface area contributed by atoms with E-state index in [4.69, 9.17) is 16.7 Å². The van der Waals surface area contributed by atoms with Gasteiger partial charge in [0.05, 0.1) is 22.4 Å². The van der Waals surface area contributed by atoms with E-state index < -0.39 is 42.1 Å². The Balaban J connectivity index is 2.08. The highest BCUT2D eigenvalue weighted by atomic mass is 35.5. The third-order valence-corrected chi connectivity index (χ3v) is 4.70. The molecule has 3 N–H and O–H groups in total. The lowest BCUT2D eigenvalue weighted by molar-refractivity contribution is -0.137. The number of nitrogens with one attached hydrogen (secondary N) is 2. The summed E-state index contributed by atoms with van der Waals surface area (Å²) in [6.07, 6.45) is -0.446. The van der Waals surface area contributed by atoms with Gasteiger partial charge < -0.3 is 15.7 Å². The molecule has 0 saturated heterocycles. The van der Waals surface area contributed by atoms with Crippen LogP contribution in [-0.2, 0) is 9.59 Å². The third kappa shape index (κ3) is 5.27. The number of hydrogen-bond donors (Lipinski definition) is 3. The summed E-state index contributed by atoms with van der Waals surface area (Å²) in [7, 11) is 0. The van der Waals surface area contributed by atoms with E-state index in [2.05, 4.69) is 10.6 Å². The van der Waals surface area contributed by atoms with Crippen molar-refractivity contribution < 1.29 is 23.9 Å². The molecular formula is C17H16ClFN2O4S. The zero-order valence-corrected chi connectivity index (χ0v) is 15.2. The maximum Gasteiger partial charge on any atom is 0.305 e. The normalized spacial score (nSPS) is 12.9. The van der Waals surface area contributed by atoms with Crippen molar-refractivity contribution in [2.24, 2.45) is 0 Å². The zero-order valence-electron chi connectivity index (χ0n) is 13.7. The Labute approximate surface area is 158 Å². The van der Waals surface area contributed by atoms with Gasteiger partial charge in [0.25, 0.3) is 5.91 Å². The number of amides is 2. The number of carbonyl (C=O) groups excluding carboxylic acids is 2. The second-order valence-corrected chi connectivity index (χ2v) is 6.86. The van der Waals surface area contributed by atoms with E-state index in [1.54, 1.807) is 17.5 Å². The van der Waals surface area contributed by atoms with E-state index >= 15 is 0 Å². The van der Waals surface area contributed by atoms with Crippen molar-refractivity contribution in [1.82, 2.24) is 10.6 Å². The van der Waals surface area contributed by atoms with Crippen LogP contribution in [-0.4, -0.2) is 28.9 Å². The maximum absolute atomic E-state index is 13.7. The van der Waals surface area contributed by atoms with Crippen LogP contribution in [0.3, 0.4) is 0 Å². The van der Waals surface area contributed by atoms with Crippen LogP contribution in [0.5, 0.6) is 0 Å². The van der Waals surface area contributed by atoms with Crippen molar-refractivity contribution in [3.05, 3.63) is 57.0 Å². The van der Waals surface area contributed by atoms with Gasteiger partial charge in [-0.25, -0.2) is 4.39 Å². The monoisotopic (exact) mass is 398 g/mol. The molecule has 6 nitrogen and oxygen atoms in total. The Morgan fingerprint density at radius 3 is 2.58 bits per heavy atom. The van der Waals surface area contributed by atoms with Crippen molar-refractivity contribution in [2.45, 2.75) is 25.4 Å². The van der Waals surface area contributed by atoms with Gasteiger partial charge >= 0.3 is 5.97 Å². The number of hydrogen-bond acceptors (Lipinski definition) is 4. The summed E-state index contributed by atoms with van der Waals surface area (Å²) in [6.45, 7) is 1.47. The fourth-order valence-corrected chi connectivity index (χ4v) is 2.94. The molecule has 1 aromatic carbocycles. The van der Waals surface area contributed by atoms with Crippen molar-refractivity contribution in [1.29, 1.82) is 0 Å². The predicted molar refractivity (Wildman–Crippen MR) is 95.8 cm³/mol. The van der Waals surface area contributed by atoms with E-state index in [0.717, 1.165) is 6.07 Å². The molecule has 2 atom stereocenters. The van der Waals surface area contributed by atoms with Crippen molar-refractivity contribution >= 4 is 40.7 Å². The molecule has 0 bridgehead atoms. The lowest BCUT2D eigenvalue weighted by atomic mass is 10.0. The van der Waals surface area contributed by atoms with Gasteiger partial charge in [0.15, 0.2) is 0 Å². The molecule has 0 aliphatic heterocycles. The van der Waals surface area contributed by atoms with Crippen LogP contribution in [0.2, 0.25) is 5.02 Å². The average Bonchev–Trinajstić information content (AvgIpc) is 3.10. The van der Waals surface area contributed by atoms with Crippen molar-refractivity contribution in [3.63, 3.8) is 0 Å². The van der Waals surface area contributed by atoms with Gasteiger partial charge in [-0.15, -0.1) is 11.3 Å². The van der Waals surface area contributed by atoms with E-state index in [0.29, 0.717) is 4.88 Å². The minimum Gasteiger partial charge on any atom is -0.481 e. The van der Waals surface area contributed by atoms with Gasteiger partial charge in [-0.1, -0.05) is 23.7 Å². The van der Waals surface area contributed by atoms with Crippen LogP contribution < -0.4 is 10.6 Å². The van der Waals surface area contributed by atoms with Gasteiger partial charge in [-0.2, -0.15) is 0 Å². The van der Waals surface area contributed by atoms with E-state index in [1.165, 1.54) is 30.4 Å². The Morgan fingerprint density at radius 1 is 1.27 bits per heavy atom. The highest BCUT2D eigenvalue weighted by molar-refractivity contribution is 7.12. The number of carboxylic acid groups (broad SMARTS) is 1. The largest absolute Gasteiger partial charge is 0.481 e. The SMILES string of the molecule is C[C@@H](NC(=O)c1cccs1)C(=O)N[C@H](CC(=O)O)c1ccc(Cl)c(F)c1. The minimum absolute atomic E-state index is 0.106. The molecule has 1 aromatic heterocycles. The molecule has 2 amide bonds. The summed E-state index contributed by atoms with van der Waals surface area (Å²) in [5.41, 5.74) is 0.263. The first kappa shape index (κ1) is 19.9. The summed E-state index contributed by atoms with van der Waals surface area (Å²) >= 11 is 6.86. The number of carboxylic acids is 1. The molecule has 1 heterocycles. The topological polar surface area (TPSA) is 95.5 Å². The van der Waals surface area contributed by atoms with E-state index in [9.17, 15) is 18.8 Å². The molecule has 9 heteroatoms. The molecule has 2 rings (SSSR count). The van der Waals surface area contributed by atoms with Crippen LogP contribution in [0.4, 0.5) is 4.39 Å². The number of thiophene rings is 1. The van der Waals surface area contributed by atoms with Crippen LogP contribution in [0.1, 0.15) is 34.6 Å². The zero-order chi connectivity index (χ0) is 19.3. The number of benzene rings is 1. The van der Waals surface area contributed by atoms with Gasteiger partial charge in [0, 0.05) is 0 Å². The van der Waals surface area contributed by atoms with Crippen LogP contribution >= 0.6 is 22.9 Å². The number of halogens is 2. The summed E-state index contributed by atoms with van der Waals surface area (Å²) in [5.74, 6) is -2.87. The van der Waals surface area contributed by atoms with Gasteiger partial charge in [0.1, 0.15) is 11.9 Å². The first-order valence-electron chi connectivity index (χ1n) is 7.59. The Kier molecular flexibility index (Phi) is 6.70. The quantitative estimate of drug-likeness (QED) is 0.668.